The average molecular weight is 445 g/mol. The molecule has 166 valence electrons. The van der Waals surface area contributed by atoms with Crippen LogP contribution in [0.4, 0.5) is 0 Å². The number of ether oxygens (including phenoxy) is 2. The van der Waals surface area contributed by atoms with Crippen LogP contribution in [0, 0.1) is 0 Å². The van der Waals surface area contributed by atoms with Crippen molar-refractivity contribution in [2.45, 2.75) is 32.8 Å². The number of para-hydroxylation sites is 1. The van der Waals surface area contributed by atoms with Crippen molar-refractivity contribution < 1.29 is 19.1 Å². The quantitative estimate of drug-likeness (QED) is 0.648. The number of carbonyl (C=O) groups is 2. The number of nitrogens with zero attached hydrogens (tertiary/aromatic N) is 2. The second-order valence-corrected chi connectivity index (χ2v) is 8.34. The van der Waals surface area contributed by atoms with Crippen LogP contribution >= 0.6 is 11.6 Å². The molecule has 1 atom stereocenters. The molecule has 0 saturated carbocycles. The van der Waals surface area contributed by atoms with Crippen LogP contribution in [-0.4, -0.2) is 60.5 Å². The van der Waals surface area contributed by atoms with Gasteiger partial charge in [0.05, 0.1) is 0 Å². The smallest absolute Gasteiger partial charge is 0.263 e. The van der Waals surface area contributed by atoms with E-state index in [2.05, 4.69) is 13.8 Å². The van der Waals surface area contributed by atoms with E-state index in [0.29, 0.717) is 42.9 Å². The van der Waals surface area contributed by atoms with Gasteiger partial charge in [0.15, 0.2) is 12.7 Å². The van der Waals surface area contributed by atoms with Gasteiger partial charge in [-0.2, -0.15) is 0 Å². The lowest BCUT2D eigenvalue weighted by atomic mass is 10.0. The van der Waals surface area contributed by atoms with Gasteiger partial charge in [-0.15, -0.1) is 0 Å². The standard InChI is InChI=1S/C24H29ClN2O4/c1-17(2)21-6-4-5-7-22(21)31-18(3)24(29)27-14-12-26(13-15-27)23(28)16-30-20-10-8-19(25)9-11-20/h4-11,17-18H,12-16H2,1-3H3. The highest BCUT2D eigenvalue weighted by molar-refractivity contribution is 6.30. The summed E-state index contributed by atoms with van der Waals surface area (Å²) in [4.78, 5) is 28.8. The highest BCUT2D eigenvalue weighted by Crippen LogP contribution is 2.27. The molecule has 7 heteroatoms. The molecule has 1 aliphatic heterocycles. The van der Waals surface area contributed by atoms with Crippen LogP contribution < -0.4 is 9.47 Å². The fourth-order valence-corrected chi connectivity index (χ4v) is 3.63. The van der Waals surface area contributed by atoms with Crippen LogP contribution in [0.3, 0.4) is 0 Å². The molecule has 2 amide bonds. The van der Waals surface area contributed by atoms with E-state index in [1.807, 2.05) is 24.3 Å². The van der Waals surface area contributed by atoms with E-state index < -0.39 is 6.10 Å². The molecule has 0 aromatic heterocycles. The Morgan fingerprint density at radius 1 is 0.935 bits per heavy atom. The molecule has 1 aliphatic rings. The topological polar surface area (TPSA) is 59.1 Å². The molecule has 0 bridgehead atoms. The molecule has 0 spiro atoms. The summed E-state index contributed by atoms with van der Waals surface area (Å²) in [6, 6.07) is 14.7. The minimum atomic E-state index is -0.588. The molecule has 0 N–H and O–H groups in total. The second kappa shape index (κ2) is 10.5. The first-order valence-corrected chi connectivity index (χ1v) is 10.9. The predicted octanol–water partition coefficient (Wildman–Crippen LogP) is 3.98. The number of halogens is 1. The summed E-state index contributed by atoms with van der Waals surface area (Å²) in [5, 5.41) is 0.616. The number of hydrogen-bond acceptors (Lipinski definition) is 4. The summed E-state index contributed by atoms with van der Waals surface area (Å²) >= 11 is 5.85. The van der Waals surface area contributed by atoms with Crippen molar-refractivity contribution in [3.63, 3.8) is 0 Å². The minimum Gasteiger partial charge on any atom is -0.484 e. The molecule has 1 saturated heterocycles. The van der Waals surface area contributed by atoms with Crippen LogP contribution in [0.25, 0.3) is 0 Å². The molecule has 31 heavy (non-hydrogen) atoms. The van der Waals surface area contributed by atoms with Gasteiger partial charge in [0.1, 0.15) is 11.5 Å². The van der Waals surface area contributed by atoms with E-state index in [-0.39, 0.29) is 18.4 Å². The zero-order valence-electron chi connectivity index (χ0n) is 18.2. The highest BCUT2D eigenvalue weighted by atomic mass is 35.5. The van der Waals surface area contributed by atoms with Crippen molar-refractivity contribution in [2.24, 2.45) is 0 Å². The Bertz CT molecular complexity index is 893. The zero-order valence-corrected chi connectivity index (χ0v) is 19.0. The third-order valence-corrected chi connectivity index (χ3v) is 5.56. The van der Waals surface area contributed by atoms with Gasteiger partial charge < -0.3 is 19.3 Å². The maximum absolute atomic E-state index is 12.9. The Morgan fingerprint density at radius 2 is 1.55 bits per heavy atom. The average Bonchev–Trinajstić information content (AvgIpc) is 2.78. The van der Waals surface area contributed by atoms with Crippen LogP contribution in [0.1, 0.15) is 32.3 Å². The number of rotatable bonds is 7. The van der Waals surface area contributed by atoms with Crippen LogP contribution in [-0.2, 0) is 9.59 Å². The van der Waals surface area contributed by atoms with Crippen LogP contribution in [0.2, 0.25) is 5.02 Å². The van der Waals surface area contributed by atoms with Gasteiger partial charge in [-0.1, -0.05) is 43.6 Å². The van der Waals surface area contributed by atoms with E-state index in [1.165, 1.54) is 0 Å². The molecule has 0 radical (unpaired) electrons. The third-order valence-electron chi connectivity index (χ3n) is 5.31. The molecule has 0 aliphatic carbocycles. The molecular formula is C24H29ClN2O4. The summed E-state index contributed by atoms with van der Waals surface area (Å²) in [5.74, 6) is 1.48. The van der Waals surface area contributed by atoms with Crippen molar-refractivity contribution in [2.75, 3.05) is 32.8 Å². The maximum atomic E-state index is 12.9. The molecule has 2 aromatic carbocycles. The number of amides is 2. The SMILES string of the molecule is CC(Oc1ccccc1C(C)C)C(=O)N1CCN(C(=O)COc2ccc(Cl)cc2)CC1. The first kappa shape index (κ1) is 22.9. The monoisotopic (exact) mass is 444 g/mol. The fraction of sp³-hybridized carbons (Fsp3) is 0.417. The summed E-state index contributed by atoms with van der Waals surface area (Å²) < 4.78 is 11.5. The van der Waals surface area contributed by atoms with Crippen molar-refractivity contribution >= 4 is 23.4 Å². The van der Waals surface area contributed by atoms with E-state index in [0.717, 1.165) is 11.3 Å². The Morgan fingerprint density at radius 3 is 2.19 bits per heavy atom. The number of benzene rings is 2. The van der Waals surface area contributed by atoms with Crippen LogP contribution in [0.5, 0.6) is 11.5 Å². The van der Waals surface area contributed by atoms with Gasteiger partial charge in [-0.3, -0.25) is 9.59 Å². The van der Waals surface area contributed by atoms with Crippen LogP contribution in [0.15, 0.2) is 48.5 Å². The lowest BCUT2D eigenvalue weighted by molar-refractivity contribution is -0.144. The van der Waals surface area contributed by atoms with E-state index in [9.17, 15) is 9.59 Å². The lowest BCUT2D eigenvalue weighted by Gasteiger charge is -2.36. The normalized spacial score (nSPS) is 15.0. The molecular weight excluding hydrogens is 416 g/mol. The summed E-state index contributed by atoms with van der Waals surface area (Å²) in [7, 11) is 0. The molecule has 1 fully saturated rings. The Hall–Kier alpha value is -2.73. The fourth-order valence-electron chi connectivity index (χ4n) is 3.51. The minimum absolute atomic E-state index is 0.0406. The Labute approximate surface area is 188 Å². The van der Waals surface area contributed by atoms with E-state index in [1.54, 1.807) is 41.0 Å². The molecule has 6 nitrogen and oxygen atoms in total. The van der Waals surface area contributed by atoms with Gasteiger partial charge in [0.2, 0.25) is 0 Å². The predicted molar refractivity (Wildman–Crippen MR) is 121 cm³/mol. The largest absolute Gasteiger partial charge is 0.484 e. The van der Waals surface area contributed by atoms with E-state index in [4.69, 9.17) is 21.1 Å². The maximum Gasteiger partial charge on any atom is 0.263 e. The van der Waals surface area contributed by atoms with Crippen molar-refractivity contribution in [1.29, 1.82) is 0 Å². The Kier molecular flexibility index (Phi) is 7.80. The van der Waals surface area contributed by atoms with Gasteiger partial charge >= 0.3 is 0 Å². The summed E-state index contributed by atoms with van der Waals surface area (Å²) in [6.07, 6.45) is -0.588. The number of piperazine rings is 1. The van der Waals surface area contributed by atoms with Crippen molar-refractivity contribution in [3.05, 3.63) is 59.1 Å². The van der Waals surface area contributed by atoms with Gasteiger partial charge in [0.25, 0.3) is 11.8 Å². The summed E-state index contributed by atoms with van der Waals surface area (Å²) in [6.45, 7) is 7.84. The molecule has 1 heterocycles. The first-order valence-electron chi connectivity index (χ1n) is 10.6. The highest BCUT2D eigenvalue weighted by Gasteiger charge is 2.28. The van der Waals surface area contributed by atoms with Gasteiger partial charge in [0, 0.05) is 31.2 Å². The number of hydrogen-bond donors (Lipinski definition) is 0. The lowest BCUT2D eigenvalue weighted by Crippen LogP contribution is -2.54. The third kappa shape index (κ3) is 6.14. The second-order valence-electron chi connectivity index (χ2n) is 7.90. The van der Waals surface area contributed by atoms with E-state index >= 15 is 0 Å². The summed E-state index contributed by atoms with van der Waals surface area (Å²) in [5.41, 5.74) is 1.08. The molecule has 1 unspecified atom stereocenters. The zero-order chi connectivity index (χ0) is 22.4. The van der Waals surface area contributed by atoms with Gasteiger partial charge in [-0.25, -0.2) is 0 Å². The van der Waals surface area contributed by atoms with Gasteiger partial charge in [-0.05, 0) is 48.7 Å². The number of carbonyl (C=O) groups excluding carboxylic acids is 2. The first-order chi connectivity index (χ1) is 14.8. The van der Waals surface area contributed by atoms with Crippen molar-refractivity contribution in [3.8, 4) is 11.5 Å². The Balaban J connectivity index is 1.47. The molecule has 3 rings (SSSR count). The van der Waals surface area contributed by atoms with Crippen molar-refractivity contribution in [1.82, 2.24) is 9.80 Å². The molecule has 2 aromatic rings.